The molecule has 4 nitrogen and oxygen atoms in total. The van der Waals surface area contributed by atoms with Crippen LogP contribution in [0.4, 0.5) is 0 Å². The van der Waals surface area contributed by atoms with Gasteiger partial charge in [-0.2, -0.15) is 0 Å². The minimum Gasteiger partial charge on any atom is -0.468 e. The van der Waals surface area contributed by atoms with E-state index in [1.54, 1.807) is 6.26 Å². The second-order valence-electron chi connectivity index (χ2n) is 6.19. The second-order valence-corrected chi connectivity index (χ2v) is 8.56. The van der Waals surface area contributed by atoms with E-state index in [9.17, 15) is 9.59 Å². The summed E-state index contributed by atoms with van der Waals surface area (Å²) in [7, 11) is 0. The maximum atomic E-state index is 13.1. The Morgan fingerprint density at radius 1 is 1.04 bits per heavy atom. The number of furan rings is 1. The van der Waals surface area contributed by atoms with Crippen LogP contribution >= 0.6 is 34.7 Å². The Morgan fingerprint density at radius 3 is 2.54 bits per heavy atom. The van der Waals surface area contributed by atoms with E-state index >= 15 is 0 Å². The number of carbonyl (C=O) groups is 2. The van der Waals surface area contributed by atoms with Gasteiger partial charge in [0, 0.05) is 16.4 Å². The van der Waals surface area contributed by atoms with Crippen molar-refractivity contribution in [2.24, 2.45) is 0 Å². The quantitative estimate of drug-likeness (QED) is 0.481. The summed E-state index contributed by atoms with van der Waals surface area (Å²) in [4.78, 5) is 28.7. The lowest BCUT2D eigenvalue weighted by Crippen LogP contribution is -2.33. The molecule has 2 amide bonds. The third-order valence-electron chi connectivity index (χ3n) is 4.37. The Hall–Kier alpha value is -2.28. The van der Waals surface area contributed by atoms with E-state index in [0.717, 1.165) is 16.2 Å². The first-order valence-electron chi connectivity index (χ1n) is 8.67. The average Bonchev–Trinajstić information content (AvgIpc) is 3.43. The smallest absolute Gasteiger partial charge is 0.268 e. The minimum absolute atomic E-state index is 0.233. The van der Waals surface area contributed by atoms with Crippen molar-refractivity contribution in [1.29, 1.82) is 0 Å². The highest BCUT2D eigenvalue weighted by molar-refractivity contribution is 8.03. The van der Waals surface area contributed by atoms with Crippen molar-refractivity contribution < 1.29 is 14.0 Å². The molecule has 0 radical (unpaired) electrons. The van der Waals surface area contributed by atoms with Crippen LogP contribution in [0.1, 0.15) is 16.2 Å². The second kappa shape index (κ2) is 8.39. The van der Waals surface area contributed by atoms with E-state index in [0.29, 0.717) is 34.2 Å². The van der Waals surface area contributed by atoms with Crippen molar-refractivity contribution in [2.75, 3.05) is 6.54 Å². The summed E-state index contributed by atoms with van der Waals surface area (Å²) in [5, 5.41) is 2.57. The summed E-state index contributed by atoms with van der Waals surface area (Å²) < 4.78 is 5.36. The predicted octanol–water partition coefficient (Wildman–Crippen LogP) is 5.25. The molecule has 1 aromatic carbocycles. The zero-order valence-electron chi connectivity index (χ0n) is 14.8. The van der Waals surface area contributed by atoms with Gasteiger partial charge in [-0.15, -0.1) is 23.1 Å². The largest absolute Gasteiger partial charge is 0.468 e. The van der Waals surface area contributed by atoms with Gasteiger partial charge in [0.1, 0.15) is 5.76 Å². The lowest BCUT2D eigenvalue weighted by atomic mass is 10.1. The molecule has 2 aromatic heterocycles. The zero-order valence-corrected chi connectivity index (χ0v) is 17.2. The van der Waals surface area contributed by atoms with Crippen LogP contribution in [0, 0.1) is 0 Å². The number of thioether (sulfide) groups is 1. The summed E-state index contributed by atoms with van der Waals surface area (Å²) in [6, 6.07) is 14.9. The summed E-state index contributed by atoms with van der Waals surface area (Å²) in [5.74, 6) is 0.798. The molecule has 0 unspecified atom stereocenters. The molecule has 142 valence electrons. The summed E-state index contributed by atoms with van der Waals surface area (Å²) in [6.45, 7) is 0.332. The molecule has 0 bridgehead atoms. The van der Waals surface area contributed by atoms with Crippen molar-refractivity contribution in [3.63, 3.8) is 0 Å². The van der Waals surface area contributed by atoms with Gasteiger partial charge < -0.3 is 4.42 Å². The van der Waals surface area contributed by atoms with Crippen LogP contribution in [0.5, 0.6) is 0 Å². The monoisotopic (exact) mass is 429 g/mol. The summed E-state index contributed by atoms with van der Waals surface area (Å²) >= 11 is 8.74. The van der Waals surface area contributed by atoms with Crippen LogP contribution < -0.4 is 0 Å². The van der Waals surface area contributed by atoms with Gasteiger partial charge in [-0.3, -0.25) is 14.5 Å². The van der Waals surface area contributed by atoms with Gasteiger partial charge in [0.25, 0.3) is 11.8 Å². The minimum atomic E-state index is -0.237. The fraction of sp³-hybridized carbons (Fsp3) is 0.143. The van der Waals surface area contributed by atoms with Crippen LogP contribution in [0.15, 0.2) is 69.5 Å². The number of amides is 2. The number of thiophene rings is 1. The van der Waals surface area contributed by atoms with Gasteiger partial charge >= 0.3 is 0 Å². The van der Waals surface area contributed by atoms with Crippen molar-refractivity contribution >= 4 is 52.1 Å². The Kier molecular flexibility index (Phi) is 5.71. The summed E-state index contributed by atoms with van der Waals surface area (Å²) in [6.07, 6.45) is 2.19. The Labute approximate surface area is 175 Å². The molecular weight excluding hydrogens is 414 g/mol. The molecule has 1 aliphatic rings. The van der Waals surface area contributed by atoms with Crippen molar-refractivity contribution in [3.05, 3.63) is 86.3 Å². The number of benzene rings is 1. The molecule has 28 heavy (non-hydrogen) atoms. The Morgan fingerprint density at radius 2 is 1.86 bits per heavy atom. The summed E-state index contributed by atoms with van der Waals surface area (Å²) in [5.41, 5.74) is 1.52. The highest BCUT2D eigenvalue weighted by atomic mass is 35.5. The topological polar surface area (TPSA) is 50.5 Å². The molecule has 3 aromatic rings. The molecule has 0 atom stereocenters. The van der Waals surface area contributed by atoms with E-state index in [2.05, 4.69) is 0 Å². The molecule has 3 heterocycles. The fourth-order valence-corrected chi connectivity index (χ4v) is 4.94. The normalized spacial score (nSPS) is 14.4. The number of hydrogen-bond acceptors (Lipinski definition) is 5. The van der Waals surface area contributed by atoms with Gasteiger partial charge in [0.05, 0.1) is 22.5 Å². The molecule has 1 aliphatic heterocycles. The number of hydrogen-bond donors (Lipinski definition) is 0. The van der Waals surface area contributed by atoms with E-state index in [4.69, 9.17) is 16.0 Å². The Bertz CT molecular complexity index is 1010. The maximum absolute atomic E-state index is 13.1. The van der Waals surface area contributed by atoms with Gasteiger partial charge in [-0.25, -0.2) is 0 Å². The first-order valence-corrected chi connectivity index (χ1v) is 10.9. The molecule has 0 aliphatic carbocycles. The molecule has 0 saturated heterocycles. The molecule has 0 N–H and O–H groups in total. The van der Waals surface area contributed by atoms with Crippen molar-refractivity contribution in [1.82, 2.24) is 4.90 Å². The zero-order chi connectivity index (χ0) is 19.5. The third-order valence-corrected chi connectivity index (χ3v) is 6.60. The van der Waals surface area contributed by atoms with Crippen LogP contribution in [-0.2, 0) is 21.8 Å². The van der Waals surface area contributed by atoms with Crippen molar-refractivity contribution in [3.8, 4) is 0 Å². The maximum Gasteiger partial charge on any atom is 0.268 e. The van der Waals surface area contributed by atoms with Gasteiger partial charge in [0.15, 0.2) is 0 Å². The van der Waals surface area contributed by atoms with E-state index in [1.807, 2.05) is 53.9 Å². The number of rotatable bonds is 7. The predicted molar refractivity (Wildman–Crippen MR) is 113 cm³/mol. The fourth-order valence-electron chi connectivity index (χ4n) is 2.96. The molecule has 0 fully saturated rings. The van der Waals surface area contributed by atoms with Crippen LogP contribution in [0.25, 0.3) is 5.57 Å². The van der Waals surface area contributed by atoms with Gasteiger partial charge in [-0.05, 0) is 47.7 Å². The molecule has 7 heteroatoms. The average molecular weight is 430 g/mol. The van der Waals surface area contributed by atoms with E-state index in [1.165, 1.54) is 28.0 Å². The lowest BCUT2D eigenvalue weighted by molar-refractivity contribution is -0.136. The SMILES string of the molecule is O=C1C(SCc2ccco2)=C(c2cccs2)C(=O)N1CCc1ccc(Cl)cc1. The highest BCUT2D eigenvalue weighted by Gasteiger charge is 2.39. The molecule has 0 saturated carbocycles. The molecule has 4 rings (SSSR count). The van der Waals surface area contributed by atoms with Crippen LogP contribution in [0.3, 0.4) is 0 Å². The third kappa shape index (κ3) is 3.94. The number of halogens is 1. The standard InChI is InChI=1S/C21H16ClNO3S2/c22-15-7-5-14(6-8-15)9-10-23-20(24)18(17-4-2-12-27-17)19(21(23)25)28-13-16-3-1-11-26-16/h1-8,11-12H,9-10,13H2. The Balaban J connectivity index is 1.55. The number of imide groups is 1. The van der Waals surface area contributed by atoms with E-state index < -0.39 is 0 Å². The van der Waals surface area contributed by atoms with Gasteiger partial charge in [0.2, 0.25) is 0 Å². The van der Waals surface area contributed by atoms with Crippen LogP contribution in [-0.4, -0.2) is 23.3 Å². The molecule has 0 spiro atoms. The van der Waals surface area contributed by atoms with Crippen molar-refractivity contribution in [2.45, 2.75) is 12.2 Å². The number of nitrogens with zero attached hydrogens (tertiary/aromatic N) is 1. The lowest BCUT2D eigenvalue weighted by Gasteiger charge is -2.15. The van der Waals surface area contributed by atoms with E-state index in [-0.39, 0.29) is 11.8 Å². The first kappa shape index (κ1) is 19.1. The number of carbonyl (C=O) groups excluding carboxylic acids is 2. The molecular formula is C21H16ClNO3S2. The van der Waals surface area contributed by atoms with Gasteiger partial charge in [-0.1, -0.05) is 29.8 Å². The van der Waals surface area contributed by atoms with Crippen LogP contribution in [0.2, 0.25) is 5.02 Å². The first-order chi connectivity index (χ1) is 13.6. The highest BCUT2D eigenvalue weighted by Crippen LogP contribution is 2.39.